The zero-order chi connectivity index (χ0) is 13.9. The van der Waals surface area contributed by atoms with Crippen LogP contribution in [0.1, 0.15) is 18.3 Å². The predicted octanol–water partition coefficient (Wildman–Crippen LogP) is 3.20. The summed E-state index contributed by atoms with van der Waals surface area (Å²) in [7, 11) is 0. The minimum absolute atomic E-state index is 0.902. The summed E-state index contributed by atoms with van der Waals surface area (Å²) in [5.74, 6) is 0. The Hall–Kier alpha value is -2.49. The van der Waals surface area contributed by atoms with E-state index < -0.39 is 0 Å². The van der Waals surface area contributed by atoms with E-state index in [9.17, 15) is 0 Å². The standard InChI is InChI=1S/C16H16N4/c1-3-14-10-16(13-6-4-8-17-11-13)20(19-14)15-7-5-9-18-12(15)2/h4-11H,3H2,1-2H3. The van der Waals surface area contributed by atoms with Gasteiger partial charge in [0.15, 0.2) is 0 Å². The molecule has 0 aliphatic rings. The Bertz CT molecular complexity index is 716. The van der Waals surface area contributed by atoms with E-state index in [-0.39, 0.29) is 0 Å². The second-order valence-electron chi connectivity index (χ2n) is 4.64. The van der Waals surface area contributed by atoms with E-state index in [2.05, 4.69) is 28.1 Å². The first-order valence-corrected chi connectivity index (χ1v) is 6.71. The highest BCUT2D eigenvalue weighted by molar-refractivity contribution is 5.62. The lowest BCUT2D eigenvalue weighted by Crippen LogP contribution is -2.03. The van der Waals surface area contributed by atoms with Crippen LogP contribution >= 0.6 is 0 Å². The normalized spacial score (nSPS) is 10.7. The van der Waals surface area contributed by atoms with Gasteiger partial charge in [-0.3, -0.25) is 9.97 Å². The quantitative estimate of drug-likeness (QED) is 0.729. The fourth-order valence-electron chi connectivity index (χ4n) is 2.21. The summed E-state index contributed by atoms with van der Waals surface area (Å²) in [5, 5.41) is 4.69. The summed E-state index contributed by atoms with van der Waals surface area (Å²) in [6.45, 7) is 4.10. The zero-order valence-electron chi connectivity index (χ0n) is 11.6. The first-order valence-electron chi connectivity index (χ1n) is 6.71. The molecule has 0 unspecified atom stereocenters. The van der Waals surface area contributed by atoms with Crippen molar-refractivity contribution < 1.29 is 0 Å². The topological polar surface area (TPSA) is 43.6 Å². The van der Waals surface area contributed by atoms with Crippen LogP contribution in [0.25, 0.3) is 16.9 Å². The van der Waals surface area contributed by atoms with Crippen molar-refractivity contribution in [2.24, 2.45) is 0 Å². The van der Waals surface area contributed by atoms with Gasteiger partial charge < -0.3 is 0 Å². The number of pyridine rings is 2. The van der Waals surface area contributed by atoms with Crippen molar-refractivity contribution in [2.75, 3.05) is 0 Å². The van der Waals surface area contributed by atoms with Crippen LogP contribution in [0, 0.1) is 6.92 Å². The van der Waals surface area contributed by atoms with Gasteiger partial charge in [-0.1, -0.05) is 6.92 Å². The number of aryl methyl sites for hydroxylation is 2. The maximum atomic E-state index is 4.69. The third-order valence-electron chi connectivity index (χ3n) is 3.29. The summed E-state index contributed by atoms with van der Waals surface area (Å²) in [5.41, 5.74) is 5.13. The van der Waals surface area contributed by atoms with E-state index in [1.165, 1.54) is 0 Å². The molecular weight excluding hydrogens is 248 g/mol. The molecule has 0 aromatic carbocycles. The van der Waals surface area contributed by atoms with E-state index >= 15 is 0 Å². The zero-order valence-corrected chi connectivity index (χ0v) is 11.6. The van der Waals surface area contributed by atoms with E-state index in [4.69, 9.17) is 0 Å². The molecule has 4 heteroatoms. The van der Waals surface area contributed by atoms with Gasteiger partial charge in [-0.05, 0) is 43.7 Å². The highest BCUT2D eigenvalue weighted by Gasteiger charge is 2.12. The Balaban J connectivity index is 2.21. The minimum Gasteiger partial charge on any atom is -0.264 e. The largest absolute Gasteiger partial charge is 0.264 e. The molecule has 0 bridgehead atoms. The van der Waals surface area contributed by atoms with Gasteiger partial charge in [0.05, 0.1) is 22.8 Å². The van der Waals surface area contributed by atoms with Crippen LogP contribution in [0.3, 0.4) is 0 Å². The molecule has 0 saturated heterocycles. The highest BCUT2D eigenvalue weighted by Crippen LogP contribution is 2.24. The predicted molar refractivity (Wildman–Crippen MR) is 78.7 cm³/mol. The summed E-state index contributed by atoms with van der Waals surface area (Å²) < 4.78 is 1.96. The molecule has 0 spiro atoms. The molecule has 3 aromatic heterocycles. The van der Waals surface area contributed by atoms with Crippen LogP contribution in [0.5, 0.6) is 0 Å². The molecule has 0 saturated carbocycles. The lowest BCUT2D eigenvalue weighted by atomic mass is 10.2. The van der Waals surface area contributed by atoms with Crippen molar-refractivity contribution in [3.8, 4) is 16.9 Å². The van der Waals surface area contributed by atoms with Gasteiger partial charge in [-0.25, -0.2) is 4.68 Å². The lowest BCUT2D eigenvalue weighted by Gasteiger charge is -2.09. The monoisotopic (exact) mass is 264 g/mol. The SMILES string of the molecule is CCc1cc(-c2cccnc2)n(-c2cccnc2C)n1. The minimum atomic E-state index is 0.902. The number of nitrogens with zero attached hydrogens (tertiary/aromatic N) is 4. The first kappa shape index (κ1) is 12.5. The molecule has 0 fully saturated rings. The van der Waals surface area contributed by atoms with Gasteiger partial charge in [0.1, 0.15) is 0 Å². The van der Waals surface area contributed by atoms with Crippen molar-refractivity contribution in [3.05, 3.63) is 60.3 Å². The molecule has 3 rings (SSSR count). The van der Waals surface area contributed by atoms with Crippen LogP contribution in [-0.2, 0) is 6.42 Å². The highest BCUT2D eigenvalue weighted by atomic mass is 15.3. The number of aromatic nitrogens is 4. The van der Waals surface area contributed by atoms with Gasteiger partial charge >= 0.3 is 0 Å². The number of hydrogen-bond acceptors (Lipinski definition) is 3. The van der Waals surface area contributed by atoms with Crippen molar-refractivity contribution in [1.82, 2.24) is 19.7 Å². The smallest absolute Gasteiger partial charge is 0.0865 e. The molecule has 4 nitrogen and oxygen atoms in total. The molecule has 3 aromatic rings. The lowest BCUT2D eigenvalue weighted by molar-refractivity contribution is 0.833. The van der Waals surface area contributed by atoms with Gasteiger partial charge in [-0.2, -0.15) is 5.10 Å². The molecule has 0 aliphatic heterocycles. The Morgan fingerprint density at radius 3 is 2.70 bits per heavy atom. The van der Waals surface area contributed by atoms with E-state index in [1.807, 2.05) is 42.1 Å². The molecule has 0 N–H and O–H groups in total. The third kappa shape index (κ3) is 2.20. The number of rotatable bonds is 3. The fraction of sp³-hybridized carbons (Fsp3) is 0.188. The summed E-state index contributed by atoms with van der Waals surface area (Å²) >= 11 is 0. The van der Waals surface area contributed by atoms with E-state index in [0.717, 1.165) is 34.8 Å². The molecule has 3 heterocycles. The van der Waals surface area contributed by atoms with Crippen LogP contribution < -0.4 is 0 Å². The van der Waals surface area contributed by atoms with Gasteiger partial charge in [0.25, 0.3) is 0 Å². The molecule has 100 valence electrons. The maximum Gasteiger partial charge on any atom is 0.0865 e. The molecule has 0 radical (unpaired) electrons. The summed E-state index contributed by atoms with van der Waals surface area (Å²) in [6, 6.07) is 10.1. The number of hydrogen-bond donors (Lipinski definition) is 0. The fourth-order valence-corrected chi connectivity index (χ4v) is 2.21. The van der Waals surface area contributed by atoms with Gasteiger partial charge in [0, 0.05) is 24.2 Å². The van der Waals surface area contributed by atoms with Crippen molar-refractivity contribution in [2.45, 2.75) is 20.3 Å². The first-order chi connectivity index (χ1) is 9.79. The van der Waals surface area contributed by atoms with Crippen LogP contribution in [0.2, 0.25) is 0 Å². The molecule has 20 heavy (non-hydrogen) atoms. The van der Waals surface area contributed by atoms with Crippen LogP contribution in [-0.4, -0.2) is 19.7 Å². The van der Waals surface area contributed by atoms with Gasteiger partial charge in [-0.15, -0.1) is 0 Å². The van der Waals surface area contributed by atoms with Crippen LogP contribution in [0.4, 0.5) is 0 Å². The van der Waals surface area contributed by atoms with Crippen molar-refractivity contribution in [3.63, 3.8) is 0 Å². The average molecular weight is 264 g/mol. The van der Waals surface area contributed by atoms with E-state index in [0.29, 0.717) is 0 Å². The Labute approximate surface area is 118 Å². The average Bonchev–Trinajstić information content (AvgIpc) is 2.93. The molecule has 0 atom stereocenters. The summed E-state index contributed by atoms with van der Waals surface area (Å²) in [6.07, 6.45) is 6.34. The Morgan fingerprint density at radius 2 is 2.00 bits per heavy atom. The third-order valence-corrected chi connectivity index (χ3v) is 3.29. The second-order valence-corrected chi connectivity index (χ2v) is 4.64. The Kier molecular flexibility index (Phi) is 3.29. The van der Waals surface area contributed by atoms with E-state index in [1.54, 1.807) is 12.4 Å². The Morgan fingerprint density at radius 1 is 1.15 bits per heavy atom. The van der Waals surface area contributed by atoms with Crippen LogP contribution in [0.15, 0.2) is 48.9 Å². The maximum absolute atomic E-state index is 4.69. The second kappa shape index (κ2) is 5.25. The van der Waals surface area contributed by atoms with Gasteiger partial charge in [0.2, 0.25) is 0 Å². The van der Waals surface area contributed by atoms with Crippen molar-refractivity contribution >= 4 is 0 Å². The summed E-state index contributed by atoms with van der Waals surface area (Å²) in [4.78, 5) is 8.55. The molecule has 0 amide bonds. The van der Waals surface area contributed by atoms with Crippen molar-refractivity contribution in [1.29, 1.82) is 0 Å². The molecular formula is C16H16N4. The molecule has 0 aliphatic carbocycles.